The van der Waals surface area contributed by atoms with Crippen molar-refractivity contribution < 1.29 is 15.3 Å². The van der Waals surface area contributed by atoms with E-state index in [1.165, 1.54) is 18.1 Å². The number of hydrogen-bond donors (Lipinski definition) is 3. The van der Waals surface area contributed by atoms with Crippen molar-refractivity contribution in [2.45, 2.75) is 42.9 Å². The zero-order chi connectivity index (χ0) is 13.8. The van der Waals surface area contributed by atoms with Crippen molar-refractivity contribution in [2.75, 3.05) is 13.2 Å². The molecule has 0 aromatic carbocycles. The van der Waals surface area contributed by atoms with Crippen molar-refractivity contribution in [3.63, 3.8) is 0 Å². The van der Waals surface area contributed by atoms with Crippen LogP contribution in [0.3, 0.4) is 0 Å². The van der Waals surface area contributed by atoms with Gasteiger partial charge in [-0.15, -0.1) is 11.8 Å². The average molecular weight is 275 g/mol. The van der Waals surface area contributed by atoms with Gasteiger partial charge in [0.15, 0.2) is 0 Å². The van der Waals surface area contributed by atoms with E-state index in [0.29, 0.717) is 6.54 Å². The largest absolute Gasteiger partial charge is 0.395 e. The second-order valence-electron chi connectivity index (χ2n) is 4.98. The van der Waals surface area contributed by atoms with Gasteiger partial charge < -0.3 is 15.3 Å². The van der Waals surface area contributed by atoms with Crippen LogP contribution in [0.4, 0.5) is 0 Å². The van der Waals surface area contributed by atoms with Gasteiger partial charge in [0, 0.05) is 4.75 Å². The van der Waals surface area contributed by atoms with Gasteiger partial charge in [0.25, 0.3) is 0 Å². The number of nitrogens with zero attached hydrogens (tertiary/aromatic N) is 3. The molecule has 104 valence electrons. The molecule has 3 N–H and O–H groups in total. The van der Waals surface area contributed by atoms with Crippen LogP contribution in [0.25, 0.3) is 0 Å². The summed E-state index contributed by atoms with van der Waals surface area (Å²) in [6.45, 7) is 5.54. The smallest absolute Gasteiger partial charge is 0.137 e. The van der Waals surface area contributed by atoms with E-state index in [1.807, 2.05) is 13.8 Å². The van der Waals surface area contributed by atoms with Crippen molar-refractivity contribution in [2.24, 2.45) is 0 Å². The van der Waals surface area contributed by atoms with E-state index in [4.69, 9.17) is 10.2 Å². The summed E-state index contributed by atoms with van der Waals surface area (Å²) in [6.07, 6.45) is 2.96. The molecule has 0 aliphatic heterocycles. The molecule has 1 heterocycles. The highest BCUT2D eigenvalue weighted by Gasteiger charge is 2.42. The molecule has 6 nitrogen and oxygen atoms in total. The topological polar surface area (TPSA) is 91.4 Å². The maximum absolute atomic E-state index is 10.6. The molecule has 0 radical (unpaired) electrons. The average Bonchev–Trinajstić information content (AvgIpc) is 2.77. The Morgan fingerprint density at radius 3 is 2.33 bits per heavy atom. The normalized spacial score (nSPS) is 15.9. The summed E-state index contributed by atoms with van der Waals surface area (Å²) in [6, 6.07) is 0. The maximum Gasteiger partial charge on any atom is 0.137 e. The van der Waals surface area contributed by atoms with Gasteiger partial charge in [-0.25, -0.2) is 4.98 Å². The lowest BCUT2D eigenvalue weighted by Gasteiger charge is -2.41. The molecular formula is C11H21N3O3S. The van der Waals surface area contributed by atoms with Crippen molar-refractivity contribution in [1.29, 1.82) is 0 Å². The van der Waals surface area contributed by atoms with Crippen LogP contribution in [0.2, 0.25) is 0 Å². The van der Waals surface area contributed by atoms with Gasteiger partial charge in [0.1, 0.15) is 12.7 Å². The molecule has 1 aromatic rings. The lowest BCUT2D eigenvalue weighted by molar-refractivity contribution is 0.00920. The highest BCUT2D eigenvalue weighted by molar-refractivity contribution is 8.01. The number of thioether (sulfide) groups is 1. The molecule has 0 saturated heterocycles. The second-order valence-corrected chi connectivity index (χ2v) is 6.91. The molecule has 1 aromatic heterocycles. The van der Waals surface area contributed by atoms with Crippen LogP contribution in [0.5, 0.6) is 0 Å². The molecule has 0 spiro atoms. The first-order valence-electron chi connectivity index (χ1n) is 5.76. The van der Waals surface area contributed by atoms with Crippen LogP contribution in [0.15, 0.2) is 12.7 Å². The van der Waals surface area contributed by atoms with Crippen LogP contribution in [0.1, 0.15) is 20.8 Å². The van der Waals surface area contributed by atoms with Gasteiger partial charge >= 0.3 is 0 Å². The Hall–Kier alpha value is -0.630. The Bertz CT molecular complexity index is 350. The van der Waals surface area contributed by atoms with Gasteiger partial charge in [-0.1, -0.05) is 0 Å². The van der Waals surface area contributed by atoms with Gasteiger partial charge in [0.05, 0.1) is 30.6 Å². The van der Waals surface area contributed by atoms with Crippen LogP contribution < -0.4 is 0 Å². The van der Waals surface area contributed by atoms with E-state index >= 15 is 0 Å². The van der Waals surface area contributed by atoms with E-state index in [2.05, 4.69) is 10.1 Å². The molecule has 1 rings (SSSR count). The fourth-order valence-corrected chi connectivity index (χ4v) is 2.80. The van der Waals surface area contributed by atoms with Crippen molar-refractivity contribution >= 4 is 11.8 Å². The lowest BCUT2D eigenvalue weighted by Crippen LogP contribution is -2.50. The van der Waals surface area contributed by atoms with Crippen molar-refractivity contribution in [3.8, 4) is 0 Å². The van der Waals surface area contributed by atoms with Gasteiger partial charge in [-0.3, -0.25) is 4.68 Å². The number of aromatic nitrogens is 3. The van der Waals surface area contributed by atoms with E-state index in [0.717, 1.165) is 0 Å². The molecule has 0 amide bonds. The molecule has 0 aliphatic carbocycles. The van der Waals surface area contributed by atoms with Crippen molar-refractivity contribution in [1.82, 2.24) is 14.8 Å². The molecule has 0 saturated carbocycles. The number of rotatable bonds is 7. The maximum atomic E-state index is 10.6. The SMILES string of the molecule is CC(O)(Cn1cncn1)C(C)(C)SC(CO)CO. The summed E-state index contributed by atoms with van der Waals surface area (Å²) >= 11 is 1.36. The van der Waals surface area contributed by atoms with E-state index < -0.39 is 10.3 Å². The van der Waals surface area contributed by atoms with Gasteiger partial charge in [-0.2, -0.15) is 5.10 Å². The summed E-state index contributed by atoms with van der Waals surface area (Å²) in [5.74, 6) is 0. The van der Waals surface area contributed by atoms with Crippen molar-refractivity contribution in [3.05, 3.63) is 12.7 Å². The van der Waals surface area contributed by atoms with Gasteiger partial charge in [-0.05, 0) is 20.8 Å². The zero-order valence-electron chi connectivity index (χ0n) is 10.9. The Labute approximate surface area is 111 Å². The first-order chi connectivity index (χ1) is 8.32. The molecule has 1 unspecified atom stereocenters. The molecule has 7 heteroatoms. The minimum Gasteiger partial charge on any atom is -0.395 e. The molecular weight excluding hydrogens is 254 g/mol. The number of aliphatic hydroxyl groups is 3. The Kier molecular flexibility index (Phi) is 5.15. The molecule has 0 bridgehead atoms. The van der Waals surface area contributed by atoms with E-state index in [9.17, 15) is 5.11 Å². The fourth-order valence-electron chi connectivity index (χ4n) is 1.50. The Morgan fingerprint density at radius 2 is 1.89 bits per heavy atom. The summed E-state index contributed by atoms with van der Waals surface area (Å²) in [5.41, 5.74) is -1.05. The van der Waals surface area contributed by atoms with Crippen LogP contribution in [-0.2, 0) is 6.54 Å². The third-order valence-electron chi connectivity index (χ3n) is 3.10. The molecule has 18 heavy (non-hydrogen) atoms. The Morgan fingerprint density at radius 1 is 1.28 bits per heavy atom. The summed E-state index contributed by atoms with van der Waals surface area (Å²) in [4.78, 5) is 3.84. The highest BCUT2D eigenvalue weighted by atomic mass is 32.2. The zero-order valence-corrected chi connectivity index (χ0v) is 11.8. The van der Waals surface area contributed by atoms with Crippen LogP contribution in [-0.4, -0.2) is 58.9 Å². The number of aliphatic hydroxyl groups excluding tert-OH is 2. The van der Waals surface area contributed by atoms with Gasteiger partial charge in [0.2, 0.25) is 0 Å². The third kappa shape index (κ3) is 3.68. The predicted octanol–water partition coefficient (Wildman–Crippen LogP) is -0.106. The fraction of sp³-hybridized carbons (Fsp3) is 0.818. The molecule has 0 aliphatic rings. The quantitative estimate of drug-likeness (QED) is 0.643. The van der Waals surface area contributed by atoms with Crippen LogP contribution >= 0.6 is 11.8 Å². The monoisotopic (exact) mass is 275 g/mol. The summed E-state index contributed by atoms with van der Waals surface area (Å²) in [7, 11) is 0. The van der Waals surface area contributed by atoms with Crippen LogP contribution in [0, 0.1) is 0 Å². The first-order valence-corrected chi connectivity index (χ1v) is 6.64. The minimum absolute atomic E-state index is 0.121. The highest BCUT2D eigenvalue weighted by Crippen LogP contribution is 2.38. The number of hydrogen-bond acceptors (Lipinski definition) is 6. The second kappa shape index (κ2) is 6.01. The summed E-state index contributed by atoms with van der Waals surface area (Å²) < 4.78 is 1.02. The minimum atomic E-state index is -1.05. The summed E-state index contributed by atoms with van der Waals surface area (Å²) in [5, 5.41) is 32.5. The van der Waals surface area contributed by atoms with E-state index in [1.54, 1.807) is 17.9 Å². The van der Waals surface area contributed by atoms with E-state index in [-0.39, 0.29) is 18.5 Å². The lowest BCUT2D eigenvalue weighted by atomic mass is 9.91. The predicted molar refractivity (Wildman–Crippen MR) is 70.3 cm³/mol. The Balaban J connectivity index is 2.74. The molecule has 1 atom stereocenters. The molecule has 0 fully saturated rings. The standard InChI is InChI=1S/C11H21N3O3S/c1-10(2,18-9(4-15)5-16)11(3,17)6-14-8-12-7-13-14/h7-9,15-17H,4-6H2,1-3H3. The third-order valence-corrected chi connectivity index (χ3v) is 4.76. The first kappa shape index (κ1) is 15.4.